The summed E-state index contributed by atoms with van der Waals surface area (Å²) >= 11 is 0. The Morgan fingerprint density at radius 3 is 2.96 bits per heavy atom. The molecule has 2 aromatic rings. The number of hydrogen-bond donors (Lipinski definition) is 0. The Morgan fingerprint density at radius 1 is 1.32 bits per heavy atom. The molecule has 5 heteroatoms. The van der Waals surface area contributed by atoms with E-state index in [1.165, 1.54) is 6.07 Å². The molecular weight excluding hydrogens is 319 g/mol. The van der Waals surface area contributed by atoms with Crippen molar-refractivity contribution in [3.8, 4) is 11.3 Å². The maximum absolute atomic E-state index is 14.2. The molecule has 1 saturated heterocycles. The molecule has 3 heterocycles. The van der Waals surface area contributed by atoms with Gasteiger partial charge < -0.3 is 9.26 Å². The molecule has 25 heavy (non-hydrogen) atoms. The lowest BCUT2D eigenvalue weighted by molar-refractivity contribution is -0.0773. The molecule has 0 spiro atoms. The monoisotopic (exact) mass is 344 g/mol. The average molecular weight is 344 g/mol. The maximum Gasteiger partial charge on any atom is 0.143 e. The van der Waals surface area contributed by atoms with Crippen molar-refractivity contribution in [2.24, 2.45) is 5.92 Å². The number of halogens is 1. The van der Waals surface area contributed by atoms with Gasteiger partial charge in [-0.2, -0.15) is 0 Å². The summed E-state index contributed by atoms with van der Waals surface area (Å²) in [6.45, 7) is 7.98. The van der Waals surface area contributed by atoms with Crippen molar-refractivity contribution >= 4 is 0 Å². The fourth-order valence-electron chi connectivity index (χ4n) is 4.16. The van der Waals surface area contributed by atoms with Gasteiger partial charge in [-0.05, 0) is 44.7 Å². The quantitative estimate of drug-likeness (QED) is 0.842. The third-order valence-electron chi connectivity index (χ3n) is 5.35. The highest BCUT2D eigenvalue weighted by Crippen LogP contribution is 2.33. The van der Waals surface area contributed by atoms with Gasteiger partial charge in [-0.15, -0.1) is 0 Å². The minimum Gasteiger partial charge on any atom is -0.376 e. The Morgan fingerprint density at radius 2 is 2.16 bits per heavy atom. The van der Waals surface area contributed by atoms with Crippen LogP contribution < -0.4 is 0 Å². The van der Waals surface area contributed by atoms with Gasteiger partial charge in [0.25, 0.3) is 0 Å². The molecule has 0 bridgehead atoms. The number of hydrogen-bond acceptors (Lipinski definition) is 4. The zero-order chi connectivity index (χ0) is 17.4. The van der Waals surface area contributed by atoms with Crippen LogP contribution in [0.3, 0.4) is 0 Å². The number of fused-ring (bicyclic) bond motifs is 1. The molecule has 1 aromatic carbocycles. The molecule has 1 unspecified atom stereocenters. The van der Waals surface area contributed by atoms with Crippen molar-refractivity contribution in [3.05, 3.63) is 41.4 Å². The normalized spacial score (nSPS) is 23.4. The van der Waals surface area contributed by atoms with Crippen LogP contribution in [0.5, 0.6) is 0 Å². The van der Waals surface area contributed by atoms with Crippen LogP contribution in [0.4, 0.5) is 4.39 Å². The predicted octanol–water partition coefficient (Wildman–Crippen LogP) is 4.04. The summed E-state index contributed by atoms with van der Waals surface area (Å²) in [6.07, 6.45) is 3.03. The van der Waals surface area contributed by atoms with Crippen LogP contribution in [-0.2, 0) is 17.7 Å². The first kappa shape index (κ1) is 16.7. The van der Waals surface area contributed by atoms with Crippen LogP contribution in [0, 0.1) is 11.7 Å². The van der Waals surface area contributed by atoms with E-state index in [1.807, 2.05) is 6.07 Å². The van der Waals surface area contributed by atoms with Gasteiger partial charge in [-0.25, -0.2) is 4.39 Å². The average Bonchev–Trinajstić information content (AvgIpc) is 2.97. The van der Waals surface area contributed by atoms with Crippen LogP contribution in [0.25, 0.3) is 11.3 Å². The molecule has 2 aliphatic rings. The van der Waals surface area contributed by atoms with Crippen LogP contribution in [-0.4, -0.2) is 35.4 Å². The molecule has 0 N–H and O–H groups in total. The third kappa shape index (κ3) is 3.48. The van der Waals surface area contributed by atoms with Crippen molar-refractivity contribution in [1.82, 2.24) is 10.1 Å². The van der Waals surface area contributed by atoms with Crippen LogP contribution >= 0.6 is 0 Å². The van der Waals surface area contributed by atoms with Gasteiger partial charge in [0, 0.05) is 43.8 Å². The summed E-state index contributed by atoms with van der Waals surface area (Å²) in [4.78, 5) is 2.45. The summed E-state index contributed by atoms with van der Waals surface area (Å²) in [6, 6.07) is 6.78. The highest BCUT2D eigenvalue weighted by atomic mass is 19.1. The summed E-state index contributed by atoms with van der Waals surface area (Å²) in [7, 11) is 0. The summed E-state index contributed by atoms with van der Waals surface area (Å²) in [5.74, 6) is 1.30. The third-order valence-corrected chi connectivity index (χ3v) is 5.35. The number of aromatic nitrogens is 1. The molecule has 2 aliphatic heterocycles. The van der Waals surface area contributed by atoms with E-state index in [0.717, 1.165) is 56.8 Å². The second-order valence-electron chi connectivity index (χ2n) is 7.86. The van der Waals surface area contributed by atoms with Gasteiger partial charge in [0.2, 0.25) is 0 Å². The summed E-state index contributed by atoms with van der Waals surface area (Å²) in [5.41, 5.74) is 2.20. The van der Waals surface area contributed by atoms with Crippen molar-refractivity contribution < 1.29 is 13.7 Å². The number of benzene rings is 1. The van der Waals surface area contributed by atoms with Gasteiger partial charge in [0.15, 0.2) is 0 Å². The van der Waals surface area contributed by atoms with Gasteiger partial charge in [-0.3, -0.25) is 4.90 Å². The molecule has 0 radical (unpaired) electrons. The smallest absolute Gasteiger partial charge is 0.143 e. The van der Waals surface area contributed by atoms with E-state index in [0.29, 0.717) is 17.2 Å². The SMILES string of the molecule is CC1(C)CC(CN2CCc3onc(-c4ccccc4F)c3C2)CCO1. The number of nitrogens with zero attached hydrogens (tertiary/aromatic N) is 2. The van der Waals surface area contributed by atoms with Crippen molar-refractivity contribution in [2.45, 2.75) is 45.3 Å². The molecule has 1 atom stereocenters. The maximum atomic E-state index is 14.2. The number of ether oxygens (including phenoxy) is 1. The number of rotatable bonds is 3. The van der Waals surface area contributed by atoms with E-state index in [2.05, 4.69) is 23.9 Å². The molecular formula is C20H25FN2O2. The van der Waals surface area contributed by atoms with Crippen LogP contribution in [0.2, 0.25) is 0 Å². The molecule has 134 valence electrons. The minimum absolute atomic E-state index is 0.0284. The molecule has 4 nitrogen and oxygen atoms in total. The highest BCUT2D eigenvalue weighted by Gasteiger charge is 2.32. The molecule has 0 aliphatic carbocycles. The Bertz CT molecular complexity index is 756. The fourth-order valence-corrected chi connectivity index (χ4v) is 4.16. The standard InChI is InChI=1S/C20H25FN2O2/c1-20(2)11-14(8-10-24-20)12-23-9-7-18-16(13-23)19(22-25-18)15-5-3-4-6-17(15)21/h3-6,14H,7-13H2,1-2H3. The van der Waals surface area contributed by atoms with Gasteiger partial charge in [0.05, 0.1) is 5.60 Å². The topological polar surface area (TPSA) is 38.5 Å². The van der Waals surface area contributed by atoms with E-state index < -0.39 is 0 Å². The minimum atomic E-state index is -0.248. The molecule has 0 saturated carbocycles. The second-order valence-corrected chi connectivity index (χ2v) is 7.86. The zero-order valence-electron chi connectivity index (χ0n) is 14.9. The van der Waals surface area contributed by atoms with E-state index in [9.17, 15) is 4.39 Å². The first-order valence-corrected chi connectivity index (χ1v) is 9.10. The largest absolute Gasteiger partial charge is 0.376 e. The van der Waals surface area contributed by atoms with E-state index in [-0.39, 0.29) is 11.4 Å². The molecule has 0 amide bonds. The van der Waals surface area contributed by atoms with Crippen LogP contribution in [0.15, 0.2) is 28.8 Å². The van der Waals surface area contributed by atoms with E-state index in [4.69, 9.17) is 9.26 Å². The Hall–Kier alpha value is -1.72. The summed E-state index contributed by atoms with van der Waals surface area (Å²) < 4.78 is 25.5. The fraction of sp³-hybridized carbons (Fsp3) is 0.550. The second kappa shape index (κ2) is 6.54. The molecule has 1 fully saturated rings. The molecule has 4 rings (SSSR count). The van der Waals surface area contributed by atoms with Crippen molar-refractivity contribution in [1.29, 1.82) is 0 Å². The van der Waals surface area contributed by atoms with Crippen molar-refractivity contribution in [3.63, 3.8) is 0 Å². The summed E-state index contributed by atoms with van der Waals surface area (Å²) in [5, 5.41) is 4.17. The lowest BCUT2D eigenvalue weighted by Crippen LogP contribution is -2.41. The Kier molecular flexibility index (Phi) is 4.38. The van der Waals surface area contributed by atoms with Crippen molar-refractivity contribution in [2.75, 3.05) is 19.7 Å². The first-order chi connectivity index (χ1) is 12.0. The van der Waals surface area contributed by atoms with Crippen LogP contribution in [0.1, 0.15) is 38.0 Å². The zero-order valence-corrected chi connectivity index (χ0v) is 14.9. The highest BCUT2D eigenvalue weighted by molar-refractivity contribution is 5.64. The lowest BCUT2D eigenvalue weighted by Gasteiger charge is -2.38. The Balaban J connectivity index is 1.51. The van der Waals surface area contributed by atoms with Gasteiger partial charge in [0.1, 0.15) is 17.3 Å². The predicted molar refractivity (Wildman–Crippen MR) is 93.6 cm³/mol. The Labute approximate surface area is 147 Å². The van der Waals surface area contributed by atoms with E-state index in [1.54, 1.807) is 12.1 Å². The van der Waals surface area contributed by atoms with Gasteiger partial charge in [-0.1, -0.05) is 17.3 Å². The lowest BCUT2D eigenvalue weighted by atomic mass is 9.87. The van der Waals surface area contributed by atoms with Gasteiger partial charge >= 0.3 is 0 Å². The van der Waals surface area contributed by atoms with E-state index >= 15 is 0 Å². The first-order valence-electron chi connectivity index (χ1n) is 9.10. The molecule has 1 aromatic heterocycles.